The number of ether oxygens (including phenoxy) is 5. The van der Waals surface area contributed by atoms with E-state index >= 15 is 14.4 Å². The number of anilines is 2. The first-order valence-electron chi connectivity index (χ1n) is 46.9. The average molecular weight is 1970 g/mol. The van der Waals surface area contributed by atoms with E-state index in [1.807, 2.05) is 11.0 Å². The summed E-state index contributed by atoms with van der Waals surface area (Å²) in [5, 5.41) is 74.2. The lowest BCUT2D eigenvalue weighted by atomic mass is 9.77. The number of para-hydroxylation sites is 1. The number of phenolic OH excluding ortho intramolecular Hbond substituents is 2. The molecule has 5 aromatic carbocycles. The molecule has 15 N–H and O–H groups in total. The average Bonchev–Trinajstić information content (AvgIpc) is 1.56. The van der Waals surface area contributed by atoms with E-state index in [4.69, 9.17) is 35.9 Å². The minimum absolute atomic E-state index is 0.00604. The van der Waals surface area contributed by atoms with Gasteiger partial charge < -0.3 is 118 Å². The molecule has 0 aliphatic carbocycles. The molecule has 9 atom stereocenters. The van der Waals surface area contributed by atoms with Crippen molar-refractivity contribution in [2.45, 2.75) is 196 Å². The van der Waals surface area contributed by atoms with Crippen LogP contribution in [0.4, 0.5) is 24.8 Å². The number of hydrogen-bond donors (Lipinski definition) is 15. The highest BCUT2D eigenvalue weighted by atomic mass is 32.1. The zero-order chi connectivity index (χ0) is 99.9. The van der Waals surface area contributed by atoms with Crippen molar-refractivity contribution in [3.8, 4) is 40.4 Å². The Kier molecular flexibility index (Phi) is 34.6. The van der Waals surface area contributed by atoms with E-state index < -0.39 is 156 Å². The molecule has 9 heterocycles. The number of unbranched alkanes of at least 4 members (excludes halogenated alkanes) is 4. The highest BCUT2D eigenvalue weighted by Gasteiger charge is 2.53. The number of fused-ring (bicyclic) bond motifs is 8. The van der Waals surface area contributed by atoms with E-state index in [2.05, 4.69) is 89.1 Å². The van der Waals surface area contributed by atoms with E-state index in [-0.39, 0.29) is 181 Å². The molecular formula is C96H112F3N21O20S. The number of aliphatic hydroxyl groups is 1. The van der Waals surface area contributed by atoms with Crippen molar-refractivity contribution < 1.29 is 110 Å². The predicted octanol–water partition coefficient (Wildman–Crippen LogP) is 5.22. The van der Waals surface area contributed by atoms with Crippen molar-refractivity contribution in [1.29, 1.82) is 0 Å². The fourth-order valence-electron chi connectivity index (χ4n) is 17.4. The van der Waals surface area contributed by atoms with E-state index in [1.165, 1.54) is 77.3 Å². The van der Waals surface area contributed by atoms with Gasteiger partial charge in [0.15, 0.2) is 17.0 Å². The van der Waals surface area contributed by atoms with Gasteiger partial charge in [-0.2, -0.15) is 13.2 Å². The van der Waals surface area contributed by atoms with Crippen LogP contribution in [0.25, 0.3) is 0 Å². The lowest BCUT2D eigenvalue weighted by Gasteiger charge is -2.37. The minimum atomic E-state index is -4.72. The first kappa shape index (κ1) is 102. The smallest absolute Gasteiger partial charge is 0.433 e. The summed E-state index contributed by atoms with van der Waals surface area (Å²) in [5.74, 6) is -7.74. The SMILES string of the molecule is CC1NC(=O)CNC(=O)C2CCCN2C(=O)C(CCCCNC(=O)c2cccc(Oc3ccccc3)c2)NC(=O)C(C)NC(=O)C(CCCCn2cc(COc3cccc(C(F)(F)F)n3)nn2)NC(=O)CNC(=O)C2CCCN2C(=O)C(CCCCNC(=O)c2cnc(N3CCOCC3)nc2)NC(=O)C(CCCCNC(=S)Nc2ccc3c(c2)C(O)OC32c3ccc(O)cc3Oc3cc(O)ccc32)NC1=O. The van der Waals surface area contributed by atoms with Crippen LogP contribution in [0.5, 0.6) is 40.4 Å². The fourth-order valence-corrected chi connectivity index (χ4v) is 17.6. The molecule has 0 radical (unpaired) electrons. The number of hydrogen-bond acceptors (Lipinski definition) is 27. The number of halogens is 3. The molecule has 0 bridgehead atoms. The maximum atomic E-state index is 15.4. The van der Waals surface area contributed by atoms with Gasteiger partial charge in [0.25, 0.3) is 11.8 Å². The van der Waals surface area contributed by atoms with Crippen molar-refractivity contribution in [2.24, 2.45) is 0 Å². The Bertz CT molecular complexity index is 5810. The number of pyridine rings is 1. The number of amides is 12. The van der Waals surface area contributed by atoms with Gasteiger partial charge in [-0.3, -0.25) is 62.2 Å². The minimum Gasteiger partial charge on any atom is -0.508 e. The van der Waals surface area contributed by atoms with Gasteiger partial charge >= 0.3 is 6.18 Å². The summed E-state index contributed by atoms with van der Waals surface area (Å²) in [5.41, 5.74) is 0.437. The lowest BCUT2D eigenvalue weighted by Crippen LogP contribution is -2.59. The number of aliphatic hydroxyl groups excluding tert-OH is 1. The number of nitrogens with one attached hydrogen (secondary N) is 12. The van der Waals surface area contributed by atoms with Crippen molar-refractivity contribution in [3.05, 3.63) is 191 Å². The number of benzene rings is 5. The monoisotopic (exact) mass is 1970 g/mol. The third-order valence-corrected chi connectivity index (χ3v) is 24.9. The van der Waals surface area contributed by atoms with Crippen LogP contribution < -0.4 is 82.9 Å². The predicted molar refractivity (Wildman–Crippen MR) is 503 cm³/mol. The summed E-state index contributed by atoms with van der Waals surface area (Å²) in [7, 11) is 0. The number of rotatable bonds is 29. The zero-order valence-corrected chi connectivity index (χ0v) is 78.2. The van der Waals surface area contributed by atoms with Crippen LogP contribution in [-0.4, -0.2) is 252 Å². The second-order valence-corrected chi connectivity index (χ2v) is 35.3. The van der Waals surface area contributed by atoms with Gasteiger partial charge in [0.05, 0.1) is 38.1 Å². The molecule has 3 aromatic heterocycles. The number of nitrogens with zero attached hydrogens (tertiary/aromatic N) is 9. The number of carbonyl (C=O) groups is 12. The fraction of sp³-hybridized carbons (Fsp3) is 0.438. The molecule has 45 heteroatoms. The Balaban J connectivity index is 0.680. The van der Waals surface area contributed by atoms with E-state index in [0.29, 0.717) is 90.1 Å². The molecule has 9 unspecified atom stereocenters. The Hall–Kier alpha value is -14.7. The van der Waals surface area contributed by atoms with Crippen LogP contribution >= 0.6 is 12.2 Å². The molecule has 6 aliphatic rings. The molecule has 14 rings (SSSR count). The third kappa shape index (κ3) is 26.8. The maximum Gasteiger partial charge on any atom is 0.433 e. The Labute approximate surface area is 813 Å². The van der Waals surface area contributed by atoms with Crippen molar-refractivity contribution >= 4 is 99.9 Å². The van der Waals surface area contributed by atoms with Crippen LogP contribution in [-0.2, 0) is 82.3 Å². The number of aromatic hydroxyl groups is 2. The van der Waals surface area contributed by atoms with Crippen LogP contribution in [0.15, 0.2) is 146 Å². The number of alkyl halides is 3. The van der Waals surface area contributed by atoms with Gasteiger partial charge in [-0.1, -0.05) is 41.6 Å². The van der Waals surface area contributed by atoms with Gasteiger partial charge in [0.1, 0.15) is 101 Å². The summed E-state index contributed by atoms with van der Waals surface area (Å²) >= 11 is 5.76. The Morgan fingerprint density at radius 3 is 1.72 bits per heavy atom. The number of phenols is 2. The standard InChI is InChI=1S/C96H112F3N21O20S/c1-56-82(125)111-71(22-6-12-38-102-94(141)109-60-30-33-67-66(47-60)92(135)140-95(67)68-34-31-62(121)48-76(68)139-77-49-63(122)32-35-69(77)95)87(130)113-73(25-8-11-37-101-85(128)59-50-105-93(106-51-59)117-42-44-136-45-43-117)91(134)120-41-17-27-75(120)89(132)104-53-80(124)110-70(23-9-13-39-118-54-61(115-116-118)55-137-81-29-15-28-78(114-81)96(97,98)99)86(129)108-57(2)83(126)112-72(90(133)119-40-16-26-74(119)88(131)103-52-79(123)107-56)24-7-10-36-100-84(127)58-18-14-21-65(46-58)138-64-19-4-3-5-20-64/h3-5,14-15,18-21,28-35,46-51,54,56-57,70-75,92,121-122,135H,6-13,16-17,22-27,36-45,52-53,55H2,1-2H3,(H,100,127)(H,101,128)(H,103,131)(H,104,132)(H,107,123)(H,108,129)(H,110,124)(H,111,125)(H,112,126)(H,113,130)(H2,102,109,141). The third-order valence-electron chi connectivity index (χ3n) is 24.7. The zero-order valence-electron chi connectivity index (χ0n) is 77.4. The second-order valence-electron chi connectivity index (χ2n) is 34.9. The maximum absolute atomic E-state index is 15.4. The van der Waals surface area contributed by atoms with Gasteiger partial charge in [0, 0.05) is 116 Å². The number of thiocarbonyl (C=S) groups is 1. The summed E-state index contributed by atoms with van der Waals surface area (Å²) in [6, 6.07) is 21.9. The van der Waals surface area contributed by atoms with Gasteiger partial charge in [-0.25, -0.2) is 15.0 Å². The quantitative estimate of drug-likeness (QED) is 0.0211. The lowest BCUT2D eigenvalue weighted by molar-refractivity contribution is -0.142. The molecule has 0 saturated carbocycles. The van der Waals surface area contributed by atoms with E-state index in [1.54, 1.807) is 78.9 Å². The molecule has 748 valence electrons. The summed E-state index contributed by atoms with van der Waals surface area (Å²) < 4.78 is 71.2. The molecule has 12 amide bonds. The molecule has 41 nitrogen and oxygen atoms in total. The molecule has 8 aromatic rings. The first-order valence-corrected chi connectivity index (χ1v) is 47.3. The second kappa shape index (κ2) is 47.8. The van der Waals surface area contributed by atoms with Crippen molar-refractivity contribution in [3.63, 3.8) is 0 Å². The molecule has 1 spiro atoms. The number of morpholine rings is 1. The Morgan fingerprint density at radius 1 is 0.560 bits per heavy atom. The molecule has 141 heavy (non-hydrogen) atoms. The van der Waals surface area contributed by atoms with Gasteiger partial charge in [-0.15, -0.1) is 5.10 Å². The van der Waals surface area contributed by atoms with Crippen LogP contribution in [0.2, 0.25) is 0 Å². The molecule has 4 fully saturated rings. The largest absolute Gasteiger partial charge is 0.508 e. The highest BCUT2D eigenvalue weighted by Crippen LogP contribution is 2.59. The van der Waals surface area contributed by atoms with Gasteiger partial charge in [0.2, 0.25) is 70.9 Å². The molecular weight excluding hydrogens is 1860 g/mol. The van der Waals surface area contributed by atoms with Crippen LogP contribution in [0.1, 0.15) is 177 Å². The topological polar surface area (TPSA) is 535 Å². The van der Waals surface area contributed by atoms with Crippen molar-refractivity contribution in [2.75, 3.05) is 82.3 Å². The van der Waals surface area contributed by atoms with Crippen molar-refractivity contribution in [1.82, 2.24) is 98.2 Å². The van der Waals surface area contributed by atoms with E-state index in [0.717, 1.165) is 12.1 Å². The van der Waals surface area contributed by atoms with Crippen LogP contribution in [0.3, 0.4) is 0 Å². The number of aromatic nitrogens is 6. The molecule has 4 saturated heterocycles. The summed E-state index contributed by atoms with van der Waals surface area (Å²) in [4.78, 5) is 190. The normalized spacial score (nSPS) is 21.1. The highest BCUT2D eigenvalue weighted by molar-refractivity contribution is 7.80. The summed E-state index contributed by atoms with van der Waals surface area (Å²) in [6.07, 6.45) is 0.344. The van der Waals surface area contributed by atoms with E-state index in [9.17, 15) is 71.6 Å². The number of aryl methyl sites for hydroxylation is 1. The number of carbonyl (C=O) groups excluding carboxylic acids is 12. The molecule has 6 aliphatic heterocycles. The summed E-state index contributed by atoms with van der Waals surface area (Å²) in [6.45, 7) is 3.56. The van der Waals surface area contributed by atoms with Crippen LogP contribution in [0, 0.1) is 0 Å². The first-order chi connectivity index (χ1) is 67.9. The Morgan fingerprint density at radius 2 is 1.10 bits per heavy atom. The van der Waals surface area contributed by atoms with Gasteiger partial charge in [-0.05, 0) is 202 Å².